The molecular formula is C24H35O4P. The van der Waals surface area contributed by atoms with E-state index in [9.17, 15) is 9.46 Å². The van der Waals surface area contributed by atoms with Crippen LogP contribution in [0.1, 0.15) is 101 Å². The molecule has 160 valence electrons. The molecular weight excluding hydrogens is 383 g/mol. The average molecular weight is 419 g/mol. The van der Waals surface area contributed by atoms with E-state index in [1.807, 2.05) is 64.1 Å². The van der Waals surface area contributed by atoms with Gasteiger partial charge in [0, 0.05) is 0 Å². The van der Waals surface area contributed by atoms with Crippen LogP contribution < -0.4 is 9.05 Å². The predicted octanol–water partition coefficient (Wildman–Crippen LogP) is 7.74. The Balaban J connectivity index is 2.41. The van der Waals surface area contributed by atoms with E-state index in [0.29, 0.717) is 11.5 Å². The molecule has 0 saturated carbocycles. The van der Waals surface area contributed by atoms with Crippen molar-refractivity contribution in [3.05, 3.63) is 58.7 Å². The molecule has 0 fully saturated rings. The van der Waals surface area contributed by atoms with Gasteiger partial charge in [-0.25, -0.2) is 4.57 Å². The highest BCUT2D eigenvalue weighted by Crippen LogP contribution is 2.48. The van der Waals surface area contributed by atoms with Crippen LogP contribution in [-0.4, -0.2) is 4.89 Å². The van der Waals surface area contributed by atoms with Gasteiger partial charge in [-0.05, 0) is 58.1 Å². The van der Waals surface area contributed by atoms with Crippen molar-refractivity contribution < 1.29 is 18.5 Å². The highest BCUT2D eigenvalue weighted by Gasteiger charge is 2.29. The summed E-state index contributed by atoms with van der Waals surface area (Å²) in [4.78, 5) is 10.6. The minimum Gasteiger partial charge on any atom is -0.395 e. The molecule has 4 nitrogen and oxygen atoms in total. The van der Waals surface area contributed by atoms with Crippen LogP contribution in [0.5, 0.6) is 11.5 Å². The molecule has 0 radical (unpaired) electrons. The third kappa shape index (κ3) is 6.10. The average Bonchev–Trinajstić information content (AvgIpc) is 2.60. The fourth-order valence-corrected chi connectivity index (χ4v) is 4.05. The van der Waals surface area contributed by atoms with Crippen molar-refractivity contribution in [1.29, 1.82) is 0 Å². The van der Waals surface area contributed by atoms with E-state index in [0.717, 1.165) is 22.3 Å². The fourth-order valence-electron chi connectivity index (χ4n) is 3.20. The standard InChI is InChI=1S/C24H35O4P/c1-15(2)19-9-11-21(17(5)6)23(13-19)27-29(25,26)28-24-14-20(16(3)4)10-12-22(24)18(7)8/h9-18H,1-8H3,(H,25,26). The minimum absolute atomic E-state index is 0.154. The van der Waals surface area contributed by atoms with Crippen LogP contribution in [0, 0.1) is 0 Å². The Morgan fingerprint density at radius 3 is 1.28 bits per heavy atom. The molecule has 0 aromatic heterocycles. The first-order chi connectivity index (χ1) is 13.4. The summed E-state index contributed by atoms with van der Waals surface area (Å²) in [5.74, 6) is 1.69. The lowest BCUT2D eigenvalue weighted by molar-refractivity contribution is 0.288. The third-order valence-electron chi connectivity index (χ3n) is 5.08. The predicted molar refractivity (Wildman–Crippen MR) is 120 cm³/mol. The van der Waals surface area contributed by atoms with Crippen LogP contribution in [0.3, 0.4) is 0 Å². The normalized spacial score (nSPS) is 12.3. The molecule has 2 aromatic rings. The van der Waals surface area contributed by atoms with Gasteiger partial charge >= 0.3 is 7.82 Å². The Hall–Kier alpha value is -1.77. The minimum atomic E-state index is -4.37. The van der Waals surface area contributed by atoms with Gasteiger partial charge in [-0.1, -0.05) is 79.7 Å². The van der Waals surface area contributed by atoms with Gasteiger partial charge in [-0.3, -0.25) is 4.89 Å². The summed E-state index contributed by atoms with van der Waals surface area (Å²) in [5, 5.41) is 0. The van der Waals surface area contributed by atoms with Crippen LogP contribution in [-0.2, 0) is 4.57 Å². The van der Waals surface area contributed by atoms with Crippen molar-refractivity contribution >= 4 is 7.82 Å². The van der Waals surface area contributed by atoms with Gasteiger partial charge in [0.1, 0.15) is 11.5 Å². The van der Waals surface area contributed by atoms with Gasteiger partial charge in [-0.15, -0.1) is 0 Å². The molecule has 29 heavy (non-hydrogen) atoms. The molecule has 0 amide bonds. The van der Waals surface area contributed by atoms with Crippen molar-refractivity contribution in [1.82, 2.24) is 0 Å². The van der Waals surface area contributed by atoms with Gasteiger partial charge in [0.25, 0.3) is 0 Å². The third-order valence-corrected chi connectivity index (χ3v) is 5.93. The van der Waals surface area contributed by atoms with E-state index in [1.165, 1.54) is 0 Å². The van der Waals surface area contributed by atoms with Gasteiger partial charge < -0.3 is 9.05 Å². The highest BCUT2D eigenvalue weighted by molar-refractivity contribution is 7.48. The second-order valence-corrected chi connectivity index (χ2v) is 10.2. The van der Waals surface area contributed by atoms with E-state index >= 15 is 0 Å². The van der Waals surface area contributed by atoms with Crippen LogP contribution in [0.4, 0.5) is 0 Å². The second-order valence-electron chi connectivity index (χ2n) is 8.86. The van der Waals surface area contributed by atoms with Gasteiger partial charge in [0.15, 0.2) is 0 Å². The van der Waals surface area contributed by atoms with Crippen molar-refractivity contribution in [3.8, 4) is 11.5 Å². The first kappa shape index (κ1) is 23.5. The molecule has 5 heteroatoms. The largest absolute Gasteiger partial charge is 0.584 e. The summed E-state index contributed by atoms with van der Waals surface area (Å²) in [5.41, 5.74) is 3.86. The zero-order valence-corrected chi connectivity index (χ0v) is 19.8. The van der Waals surface area contributed by atoms with E-state index in [4.69, 9.17) is 9.05 Å². The number of rotatable bonds is 8. The van der Waals surface area contributed by atoms with Crippen molar-refractivity contribution in [2.45, 2.75) is 79.1 Å². The van der Waals surface area contributed by atoms with Crippen LogP contribution in [0.15, 0.2) is 36.4 Å². The maximum Gasteiger partial charge on any atom is 0.584 e. The van der Waals surface area contributed by atoms with Crippen molar-refractivity contribution in [2.24, 2.45) is 0 Å². The Morgan fingerprint density at radius 1 is 0.655 bits per heavy atom. The number of phosphoric ester groups is 1. The van der Waals surface area contributed by atoms with E-state index in [-0.39, 0.29) is 23.7 Å². The van der Waals surface area contributed by atoms with E-state index in [1.54, 1.807) is 0 Å². The molecule has 0 unspecified atom stereocenters. The quantitative estimate of drug-likeness (QED) is 0.446. The molecule has 2 aromatic carbocycles. The maximum absolute atomic E-state index is 13.0. The summed E-state index contributed by atoms with van der Waals surface area (Å²) < 4.78 is 24.2. The first-order valence-corrected chi connectivity index (χ1v) is 11.9. The second kappa shape index (κ2) is 9.36. The highest BCUT2D eigenvalue weighted by atomic mass is 31.2. The number of hydrogen-bond acceptors (Lipinski definition) is 3. The summed E-state index contributed by atoms with van der Waals surface area (Å²) in [6, 6.07) is 11.7. The van der Waals surface area contributed by atoms with Crippen LogP contribution >= 0.6 is 7.82 Å². The first-order valence-electron chi connectivity index (χ1n) is 10.4. The summed E-state index contributed by atoms with van der Waals surface area (Å²) in [6.07, 6.45) is 0. The van der Waals surface area contributed by atoms with Crippen molar-refractivity contribution in [3.63, 3.8) is 0 Å². The zero-order chi connectivity index (χ0) is 21.9. The number of hydrogen-bond donors (Lipinski definition) is 1. The lowest BCUT2D eigenvalue weighted by atomic mass is 9.96. The Bertz CT molecular complexity index is 815. The molecule has 0 aliphatic rings. The number of benzene rings is 2. The van der Waals surface area contributed by atoms with Gasteiger partial charge in [-0.2, -0.15) is 0 Å². The summed E-state index contributed by atoms with van der Waals surface area (Å²) in [6.45, 7) is 16.4. The van der Waals surface area contributed by atoms with Crippen LogP contribution in [0.25, 0.3) is 0 Å². The van der Waals surface area contributed by atoms with E-state index in [2.05, 4.69) is 27.7 Å². The molecule has 0 bridgehead atoms. The lowest BCUT2D eigenvalue weighted by Gasteiger charge is -2.22. The molecule has 0 heterocycles. The van der Waals surface area contributed by atoms with Gasteiger partial charge in [0.2, 0.25) is 0 Å². The molecule has 0 aliphatic heterocycles. The molecule has 0 aliphatic carbocycles. The van der Waals surface area contributed by atoms with E-state index < -0.39 is 7.82 Å². The zero-order valence-electron chi connectivity index (χ0n) is 18.9. The summed E-state index contributed by atoms with van der Waals surface area (Å²) in [7, 11) is -4.37. The van der Waals surface area contributed by atoms with Gasteiger partial charge in [0.05, 0.1) is 0 Å². The fraction of sp³-hybridized carbons (Fsp3) is 0.500. The Labute approximate surface area is 175 Å². The molecule has 2 rings (SSSR count). The lowest BCUT2D eigenvalue weighted by Crippen LogP contribution is -2.06. The van der Waals surface area contributed by atoms with Crippen LogP contribution in [0.2, 0.25) is 0 Å². The topological polar surface area (TPSA) is 55.8 Å². The smallest absolute Gasteiger partial charge is 0.395 e. The molecule has 1 N–H and O–H groups in total. The number of phosphoric acid groups is 1. The monoisotopic (exact) mass is 418 g/mol. The summed E-state index contributed by atoms with van der Waals surface area (Å²) >= 11 is 0. The van der Waals surface area contributed by atoms with Crippen molar-refractivity contribution in [2.75, 3.05) is 0 Å². The SMILES string of the molecule is CC(C)c1ccc(C(C)C)c(OP(=O)(O)Oc2cc(C(C)C)ccc2C(C)C)c1. The molecule has 0 spiro atoms. The Morgan fingerprint density at radius 2 is 1.00 bits per heavy atom. The molecule has 0 saturated heterocycles. The Kier molecular flexibility index (Phi) is 7.59. The molecule has 0 atom stereocenters. The maximum atomic E-state index is 13.0.